The number of rotatable bonds is 6. The van der Waals surface area contributed by atoms with Gasteiger partial charge in [-0.15, -0.1) is 0 Å². The average molecular weight is 242 g/mol. The molecule has 0 aromatic rings. The Morgan fingerprint density at radius 1 is 1.06 bits per heavy atom. The summed E-state index contributed by atoms with van der Waals surface area (Å²) in [6, 6.07) is 0. The smallest absolute Gasteiger partial charge is 0.0936 e. The molecule has 0 heterocycles. The summed E-state index contributed by atoms with van der Waals surface area (Å²) < 4.78 is 5.70. The van der Waals surface area contributed by atoms with Crippen LogP contribution in [0.15, 0.2) is 0 Å². The van der Waals surface area contributed by atoms with Crippen LogP contribution in [0.2, 0.25) is 0 Å². The van der Waals surface area contributed by atoms with Crippen LogP contribution in [-0.2, 0) is 4.74 Å². The van der Waals surface area contributed by atoms with Crippen molar-refractivity contribution in [1.29, 1.82) is 0 Å². The van der Waals surface area contributed by atoms with Crippen molar-refractivity contribution < 1.29 is 9.84 Å². The van der Waals surface area contributed by atoms with Crippen LogP contribution in [0, 0.1) is 11.8 Å². The van der Waals surface area contributed by atoms with Crippen LogP contribution >= 0.6 is 0 Å². The van der Waals surface area contributed by atoms with Gasteiger partial charge in [-0.3, -0.25) is 0 Å². The monoisotopic (exact) mass is 242 g/mol. The quantitative estimate of drug-likeness (QED) is 0.768. The Labute approximate surface area is 107 Å². The molecule has 0 bridgehead atoms. The molecule has 1 N–H and O–H groups in total. The van der Waals surface area contributed by atoms with E-state index in [1.54, 1.807) is 7.11 Å². The molecule has 1 fully saturated rings. The van der Waals surface area contributed by atoms with E-state index in [1.165, 1.54) is 25.7 Å². The standard InChI is InChI=1S/C15H30O2/c1-12(2)10-13(3)11-14(16)15(17-4)8-6-5-7-9-15/h12-14,16H,5-11H2,1-4H3. The first kappa shape index (κ1) is 15.0. The van der Waals surface area contributed by atoms with E-state index in [9.17, 15) is 5.11 Å². The van der Waals surface area contributed by atoms with E-state index in [4.69, 9.17) is 4.74 Å². The molecular formula is C15H30O2. The zero-order chi connectivity index (χ0) is 12.9. The molecule has 0 radical (unpaired) electrons. The first-order chi connectivity index (χ1) is 8.00. The Morgan fingerprint density at radius 2 is 1.65 bits per heavy atom. The molecular weight excluding hydrogens is 212 g/mol. The van der Waals surface area contributed by atoms with Gasteiger partial charge in [0, 0.05) is 7.11 Å². The minimum Gasteiger partial charge on any atom is -0.390 e. The van der Waals surface area contributed by atoms with Crippen LogP contribution in [0.4, 0.5) is 0 Å². The van der Waals surface area contributed by atoms with E-state index in [2.05, 4.69) is 20.8 Å². The first-order valence-electron chi connectivity index (χ1n) is 7.23. The molecule has 2 heteroatoms. The molecule has 0 amide bonds. The van der Waals surface area contributed by atoms with E-state index in [0.29, 0.717) is 11.8 Å². The maximum atomic E-state index is 10.5. The fourth-order valence-corrected chi connectivity index (χ4v) is 3.32. The van der Waals surface area contributed by atoms with E-state index in [-0.39, 0.29) is 11.7 Å². The summed E-state index contributed by atoms with van der Waals surface area (Å²) in [7, 11) is 1.77. The predicted molar refractivity (Wildman–Crippen MR) is 72.1 cm³/mol. The average Bonchev–Trinajstić information content (AvgIpc) is 2.28. The van der Waals surface area contributed by atoms with Crippen LogP contribution in [0.3, 0.4) is 0 Å². The van der Waals surface area contributed by atoms with Gasteiger partial charge in [0.25, 0.3) is 0 Å². The lowest BCUT2D eigenvalue weighted by Crippen LogP contribution is -2.46. The topological polar surface area (TPSA) is 29.5 Å². The molecule has 0 aromatic carbocycles. The first-order valence-corrected chi connectivity index (χ1v) is 7.23. The Hall–Kier alpha value is -0.0800. The van der Waals surface area contributed by atoms with Gasteiger partial charge in [0.15, 0.2) is 0 Å². The molecule has 1 rings (SSSR count). The molecule has 0 aromatic heterocycles. The summed E-state index contributed by atoms with van der Waals surface area (Å²) in [6.45, 7) is 6.74. The van der Waals surface area contributed by atoms with Gasteiger partial charge in [-0.05, 0) is 37.5 Å². The van der Waals surface area contributed by atoms with Crippen LogP contribution in [-0.4, -0.2) is 23.9 Å². The van der Waals surface area contributed by atoms with Crippen molar-refractivity contribution in [3.8, 4) is 0 Å². The Balaban J connectivity index is 2.50. The highest BCUT2D eigenvalue weighted by molar-refractivity contribution is 4.91. The van der Waals surface area contributed by atoms with Crippen molar-refractivity contribution in [3.63, 3.8) is 0 Å². The van der Waals surface area contributed by atoms with Crippen molar-refractivity contribution in [2.75, 3.05) is 7.11 Å². The van der Waals surface area contributed by atoms with Gasteiger partial charge < -0.3 is 9.84 Å². The molecule has 0 aliphatic heterocycles. The summed E-state index contributed by atoms with van der Waals surface area (Å²) >= 11 is 0. The van der Waals surface area contributed by atoms with Crippen LogP contribution in [0.25, 0.3) is 0 Å². The van der Waals surface area contributed by atoms with Crippen LogP contribution in [0.1, 0.15) is 65.7 Å². The van der Waals surface area contributed by atoms with Crippen molar-refractivity contribution in [2.45, 2.75) is 77.4 Å². The highest BCUT2D eigenvalue weighted by Crippen LogP contribution is 2.36. The lowest BCUT2D eigenvalue weighted by molar-refractivity contribution is -0.129. The second kappa shape index (κ2) is 6.75. The number of ether oxygens (including phenoxy) is 1. The summed E-state index contributed by atoms with van der Waals surface area (Å²) in [5, 5.41) is 10.5. The molecule has 2 atom stereocenters. The van der Waals surface area contributed by atoms with E-state index in [1.807, 2.05) is 0 Å². The molecule has 1 aliphatic carbocycles. The van der Waals surface area contributed by atoms with Crippen LogP contribution < -0.4 is 0 Å². The number of methoxy groups -OCH3 is 1. The second-order valence-corrected chi connectivity index (χ2v) is 6.32. The maximum Gasteiger partial charge on any atom is 0.0936 e. The maximum absolute atomic E-state index is 10.5. The minimum absolute atomic E-state index is 0.247. The van der Waals surface area contributed by atoms with Gasteiger partial charge in [-0.25, -0.2) is 0 Å². The highest BCUT2D eigenvalue weighted by Gasteiger charge is 2.39. The van der Waals surface area contributed by atoms with Crippen molar-refractivity contribution in [3.05, 3.63) is 0 Å². The van der Waals surface area contributed by atoms with Gasteiger partial charge in [-0.1, -0.05) is 40.0 Å². The fraction of sp³-hybridized carbons (Fsp3) is 1.00. The van der Waals surface area contributed by atoms with Crippen molar-refractivity contribution >= 4 is 0 Å². The number of hydrogen-bond acceptors (Lipinski definition) is 2. The van der Waals surface area contributed by atoms with Crippen molar-refractivity contribution in [1.82, 2.24) is 0 Å². The SMILES string of the molecule is COC1(C(O)CC(C)CC(C)C)CCCCC1. The lowest BCUT2D eigenvalue weighted by atomic mass is 9.77. The van der Waals surface area contributed by atoms with Gasteiger partial charge in [-0.2, -0.15) is 0 Å². The summed E-state index contributed by atoms with van der Waals surface area (Å²) in [6.07, 6.45) is 7.52. The fourth-order valence-electron chi connectivity index (χ4n) is 3.32. The van der Waals surface area contributed by atoms with E-state index < -0.39 is 0 Å². The minimum atomic E-state index is -0.290. The Kier molecular flexibility index (Phi) is 5.94. The molecule has 2 unspecified atom stereocenters. The van der Waals surface area contributed by atoms with Gasteiger partial charge in [0.05, 0.1) is 11.7 Å². The third-order valence-electron chi connectivity index (χ3n) is 4.21. The highest BCUT2D eigenvalue weighted by atomic mass is 16.5. The Bertz CT molecular complexity index is 207. The summed E-state index contributed by atoms with van der Waals surface area (Å²) in [5.74, 6) is 1.29. The molecule has 0 spiro atoms. The lowest BCUT2D eigenvalue weighted by Gasteiger charge is -2.41. The molecule has 1 aliphatic rings. The summed E-state index contributed by atoms with van der Waals surface area (Å²) in [4.78, 5) is 0. The molecule has 17 heavy (non-hydrogen) atoms. The third-order valence-corrected chi connectivity index (χ3v) is 4.21. The number of aliphatic hydroxyl groups excluding tert-OH is 1. The Morgan fingerprint density at radius 3 is 2.12 bits per heavy atom. The summed E-state index contributed by atoms with van der Waals surface area (Å²) in [5.41, 5.74) is -0.247. The van der Waals surface area contributed by atoms with Crippen molar-refractivity contribution in [2.24, 2.45) is 11.8 Å². The normalized spacial score (nSPS) is 23.6. The second-order valence-electron chi connectivity index (χ2n) is 6.32. The largest absolute Gasteiger partial charge is 0.390 e. The van der Waals surface area contributed by atoms with E-state index in [0.717, 1.165) is 19.3 Å². The van der Waals surface area contributed by atoms with Gasteiger partial charge in [0.2, 0.25) is 0 Å². The molecule has 102 valence electrons. The molecule has 0 saturated heterocycles. The van der Waals surface area contributed by atoms with Gasteiger partial charge in [0.1, 0.15) is 0 Å². The zero-order valence-electron chi connectivity index (χ0n) is 12.0. The van der Waals surface area contributed by atoms with Crippen LogP contribution in [0.5, 0.6) is 0 Å². The van der Waals surface area contributed by atoms with E-state index >= 15 is 0 Å². The third kappa shape index (κ3) is 4.26. The molecule has 2 nitrogen and oxygen atoms in total. The molecule has 1 saturated carbocycles. The van der Waals surface area contributed by atoms with Gasteiger partial charge >= 0.3 is 0 Å². The predicted octanol–water partition coefficient (Wildman–Crippen LogP) is 3.77. The zero-order valence-corrected chi connectivity index (χ0v) is 12.0. The number of aliphatic hydroxyl groups is 1. The number of hydrogen-bond donors (Lipinski definition) is 1.